The van der Waals surface area contributed by atoms with Gasteiger partial charge >= 0.3 is 5.97 Å². The van der Waals surface area contributed by atoms with Crippen molar-refractivity contribution in [3.8, 4) is 0 Å². The molecule has 0 amide bonds. The minimum atomic E-state index is -0.394. The molecule has 2 aliphatic rings. The highest BCUT2D eigenvalue weighted by atomic mass is 79.9. The second-order valence-electron chi connectivity index (χ2n) is 11.2. The van der Waals surface area contributed by atoms with Crippen molar-refractivity contribution < 1.29 is 9.53 Å². The molecule has 2 heterocycles. The number of carbonyl (C=O) groups is 1. The quantitative estimate of drug-likeness (QED) is 0.111. The lowest BCUT2D eigenvalue weighted by Gasteiger charge is -2.18. The van der Waals surface area contributed by atoms with Gasteiger partial charge in [-0.05, 0) is 70.4 Å². The monoisotopic (exact) mass is 682 g/mol. The average Bonchev–Trinajstić information content (AvgIpc) is 3.66. The first-order chi connectivity index (χ1) is 22.9. The number of hydrogen-bond acceptors (Lipinski definition) is 4. The summed E-state index contributed by atoms with van der Waals surface area (Å²) in [4.78, 5) is 24.8. The second kappa shape index (κ2) is 12.6. The number of guanidine groups is 2. The van der Waals surface area contributed by atoms with Gasteiger partial charge in [0.05, 0.1) is 48.5 Å². The SMILES string of the molecule is COC(=O)c1cccc(N=C(N)N2Cc3cccc4cccc2c34)c1.NC(=Nc1cccc(Br)c1)N1Cc2cccc3cccc1c23. The summed E-state index contributed by atoms with van der Waals surface area (Å²) in [5, 5.41) is 4.93. The Balaban J connectivity index is 0.000000151. The number of nitrogens with two attached hydrogens (primary N) is 2. The lowest BCUT2D eigenvalue weighted by molar-refractivity contribution is 0.0600. The molecule has 47 heavy (non-hydrogen) atoms. The van der Waals surface area contributed by atoms with Crippen LogP contribution in [0.25, 0.3) is 21.5 Å². The smallest absolute Gasteiger partial charge is 0.337 e. The zero-order valence-corrected chi connectivity index (χ0v) is 27.2. The third-order valence-corrected chi connectivity index (χ3v) is 8.79. The molecule has 0 bridgehead atoms. The van der Waals surface area contributed by atoms with Gasteiger partial charge in [0.15, 0.2) is 0 Å². The van der Waals surface area contributed by atoms with Crippen LogP contribution in [0.3, 0.4) is 0 Å². The Morgan fingerprint density at radius 3 is 1.64 bits per heavy atom. The summed E-state index contributed by atoms with van der Waals surface area (Å²) in [6.07, 6.45) is 0. The van der Waals surface area contributed by atoms with E-state index in [1.54, 1.807) is 18.2 Å². The van der Waals surface area contributed by atoms with Gasteiger partial charge in [-0.15, -0.1) is 0 Å². The van der Waals surface area contributed by atoms with Gasteiger partial charge in [0.2, 0.25) is 11.9 Å². The number of nitrogens with zero attached hydrogens (tertiary/aromatic N) is 4. The lowest BCUT2D eigenvalue weighted by Crippen LogP contribution is -2.34. The van der Waals surface area contributed by atoms with Crippen LogP contribution >= 0.6 is 15.9 Å². The van der Waals surface area contributed by atoms with Gasteiger partial charge in [0, 0.05) is 15.2 Å². The van der Waals surface area contributed by atoms with Crippen molar-refractivity contribution in [2.24, 2.45) is 21.5 Å². The van der Waals surface area contributed by atoms with Gasteiger partial charge in [0.25, 0.3) is 0 Å². The summed E-state index contributed by atoms with van der Waals surface area (Å²) in [5.74, 6) is 0.515. The van der Waals surface area contributed by atoms with Crippen LogP contribution in [-0.4, -0.2) is 25.0 Å². The van der Waals surface area contributed by atoms with Crippen LogP contribution in [0.1, 0.15) is 21.5 Å². The average molecular weight is 684 g/mol. The minimum absolute atomic E-state index is 0.394. The molecule has 0 fully saturated rings. The lowest BCUT2D eigenvalue weighted by atomic mass is 10.1. The van der Waals surface area contributed by atoms with E-state index in [9.17, 15) is 4.79 Å². The van der Waals surface area contributed by atoms with Crippen LogP contribution in [0.5, 0.6) is 0 Å². The molecule has 2 aliphatic heterocycles. The van der Waals surface area contributed by atoms with E-state index < -0.39 is 5.97 Å². The van der Waals surface area contributed by atoms with Gasteiger partial charge in [0.1, 0.15) is 0 Å². The Bertz CT molecular complexity index is 2220. The molecule has 0 atom stereocenters. The number of halogens is 1. The summed E-state index contributed by atoms with van der Waals surface area (Å²) in [6.45, 7) is 1.45. The number of methoxy groups -OCH3 is 1. The van der Waals surface area contributed by atoms with E-state index in [-0.39, 0.29) is 0 Å². The molecule has 4 N–H and O–H groups in total. The first-order valence-corrected chi connectivity index (χ1v) is 15.9. The molecule has 0 spiro atoms. The zero-order chi connectivity index (χ0) is 32.5. The summed E-state index contributed by atoms with van der Waals surface area (Å²) >= 11 is 3.46. The molecule has 0 radical (unpaired) electrons. The number of benzene rings is 6. The van der Waals surface area contributed by atoms with Crippen molar-refractivity contribution in [2.45, 2.75) is 13.1 Å². The number of ether oxygens (including phenoxy) is 1. The normalized spacial score (nSPS) is 13.6. The Morgan fingerprint density at radius 2 is 1.13 bits per heavy atom. The van der Waals surface area contributed by atoms with Crippen LogP contribution in [0, 0.1) is 0 Å². The maximum atomic E-state index is 11.7. The van der Waals surface area contributed by atoms with Crippen LogP contribution in [0.2, 0.25) is 0 Å². The molecule has 8 nitrogen and oxygen atoms in total. The minimum Gasteiger partial charge on any atom is -0.465 e. The molecule has 6 aromatic rings. The molecule has 9 heteroatoms. The predicted octanol–water partition coefficient (Wildman–Crippen LogP) is 8.16. The Kier molecular flexibility index (Phi) is 8.05. The largest absolute Gasteiger partial charge is 0.465 e. The summed E-state index contributed by atoms with van der Waals surface area (Å²) in [5.41, 5.74) is 19.2. The number of carbonyl (C=O) groups excluding carboxylic acids is 1. The fourth-order valence-electron chi connectivity index (χ4n) is 6.18. The van der Waals surface area contributed by atoms with Crippen molar-refractivity contribution in [3.63, 3.8) is 0 Å². The van der Waals surface area contributed by atoms with E-state index in [4.69, 9.17) is 16.2 Å². The fourth-order valence-corrected chi connectivity index (χ4v) is 6.57. The molecule has 0 saturated heterocycles. The van der Waals surface area contributed by atoms with Gasteiger partial charge in [-0.3, -0.25) is 0 Å². The van der Waals surface area contributed by atoms with Gasteiger partial charge in [-0.25, -0.2) is 14.8 Å². The second-order valence-corrected chi connectivity index (χ2v) is 12.1. The highest BCUT2D eigenvalue weighted by Crippen LogP contribution is 2.38. The molecule has 0 saturated carbocycles. The van der Waals surface area contributed by atoms with E-state index >= 15 is 0 Å². The van der Waals surface area contributed by atoms with E-state index in [0.717, 1.165) is 28.1 Å². The molecule has 0 unspecified atom stereocenters. The van der Waals surface area contributed by atoms with Crippen molar-refractivity contribution >= 4 is 78.1 Å². The van der Waals surface area contributed by atoms with Crippen molar-refractivity contribution in [1.82, 2.24) is 0 Å². The van der Waals surface area contributed by atoms with Gasteiger partial charge in [-0.2, -0.15) is 0 Å². The maximum absolute atomic E-state index is 11.7. The molecular formula is C38H31BrN6O2. The van der Waals surface area contributed by atoms with Crippen LogP contribution in [-0.2, 0) is 17.8 Å². The third-order valence-electron chi connectivity index (χ3n) is 8.29. The summed E-state index contributed by atoms with van der Waals surface area (Å²) in [7, 11) is 1.36. The summed E-state index contributed by atoms with van der Waals surface area (Å²) in [6, 6.07) is 39.8. The molecule has 8 rings (SSSR count). The Hall–Kier alpha value is -5.67. The molecule has 232 valence electrons. The van der Waals surface area contributed by atoms with Crippen LogP contribution in [0.4, 0.5) is 22.7 Å². The Labute approximate surface area is 280 Å². The first kappa shape index (κ1) is 30.0. The van der Waals surface area contributed by atoms with E-state index in [2.05, 4.69) is 91.5 Å². The molecular weight excluding hydrogens is 652 g/mol. The van der Waals surface area contributed by atoms with Crippen molar-refractivity contribution in [1.29, 1.82) is 0 Å². The molecule has 0 aromatic heterocycles. The zero-order valence-electron chi connectivity index (χ0n) is 25.6. The highest BCUT2D eigenvalue weighted by molar-refractivity contribution is 9.10. The number of aliphatic imine (C=N–C) groups is 2. The van der Waals surface area contributed by atoms with Crippen LogP contribution < -0.4 is 21.3 Å². The topological polar surface area (TPSA) is 110 Å². The number of esters is 1. The first-order valence-electron chi connectivity index (χ1n) is 15.1. The van der Waals surface area contributed by atoms with Crippen LogP contribution in [0.15, 0.2) is 136 Å². The highest BCUT2D eigenvalue weighted by Gasteiger charge is 2.24. The van der Waals surface area contributed by atoms with E-state index in [1.165, 1.54) is 39.8 Å². The molecule has 0 aliphatic carbocycles. The van der Waals surface area contributed by atoms with Crippen molar-refractivity contribution in [3.05, 3.63) is 142 Å². The fraction of sp³-hybridized carbons (Fsp3) is 0.0789. The third kappa shape index (κ3) is 5.89. The van der Waals surface area contributed by atoms with Gasteiger partial charge < -0.3 is 26.0 Å². The van der Waals surface area contributed by atoms with Crippen molar-refractivity contribution in [2.75, 3.05) is 16.9 Å². The standard InChI is InChI=1S/C20H17N3O2.C18H14BrN3/c1-25-19(24)14-7-3-9-16(11-14)22-20(21)23-12-15-8-2-5-13-6-4-10-17(23)18(13)15;19-14-7-3-8-15(10-14)21-18(20)22-11-13-6-1-4-12-5-2-9-16(22)17(12)13/h2-11H,12H2,1H3,(H2,21,22);1-10H,11H2,(H2,20,21). The van der Waals surface area contributed by atoms with Gasteiger partial charge in [-0.1, -0.05) is 88.7 Å². The molecule has 6 aromatic carbocycles. The maximum Gasteiger partial charge on any atom is 0.337 e. The summed E-state index contributed by atoms with van der Waals surface area (Å²) < 4.78 is 5.74. The number of rotatable bonds is 3. The predicted molar refractivity (Wildman–Crippen MR) is 195 cm³/mol. The van der Waals surface area contributed by atoms with E-state index in [1.807, 2.05) is 47.4 Å². The van der Waals surface area contributed by atoms with E-state index in [0.29, 0.717) is 29.7 Å². The number of anilines is 2. The number of hydrogen-bond donors (Lipinski definition) is 2. The Morgan fingerprint density at radius 1 is 0.660 bits per heavy atom.